The first-order valence-electron chi connectivity index (χ1n) is 5.76. The van der Waals surface area contributed by atoms with Gasteiger partial charge in [0.05, 0.1) is 0 Å². The van der Waals surface area contributed by atoms with Gasteiger partial charge in [-0.3, -0.25) is 0 Å². The van der Waals surface area contributed by atoms with Crippen molar-refractivity contribution in [3.63, 3.8) is 0 Å². The van der Waals surface area contributed by atoms with Gasteiger partial charge in [0, 0.05) is 20.2 Å². The summed E-state index contributed by atoms with van der Waals surface area (Å²) in [6, 6.07) is 14.0. The summed E-state index contributed by atoms with van der Waals surface area (Å²) in [7, 11) is 0. The molecule has 19 heavy (non-hydrogen) atoms. The molecule has 0 fully saturated rings. The molecule has 3 rings (SSSR count). The van der Waals surface area contributed by atoms with E-state index in [-0.39, 0.29) is 5.56 Å². The predicted octanol–water partition coefficient (Wildman–Crippen LogP) is 4.78. The van der Waals surface area contributed by atoms with Crippen LogP contribution in [0.3, 0.4) is 0 Å². The second kappa shape index (κ2) is 4.93. The van der Waals surface area contributed by atoms with Gasteiger partial charge in [-0.2, -0.15) is 0 Å². The molecule has 1 nitrogen and oxygen atoms in total. The minimum absolute atomic E-state index is 0.246. The van der Waals surface area contributed by atoms with Crippen molar-refractivity contribution in [1.82, 2.24) is 0 Å². The monoisotopic (exact) mass is 292 g/mol. The fraction of sp³-hybridized carbons (Fsp3) is 0.0667. The molecule has 1 heterocycles. The lowest BCUT2D eigenvalue weighted by Gasteiger charge is -2.10. The molecule has 2 aromatic carbocycles. The molecule has 0 bridgehead atoms. The molecule has 3 aromatic rings. The highest BCUT2D eigenvalue weighted by Crippen LogP contribution is 2.34. The summed E-state index contributed by atoms with van der Waals surface area (Å²) in [5.41, 5.74) is 0.246. The van der Waals surface area contributed by atoms with Crippen LogP contribution in [-0.2, 0) is 0 Å². The lowest BCUT2D eigenvalue weighted by Crippen LogP contribution is -2.00. The molecule has 1 N–H and O–H groups in total. The molecule has 0 radical (unpaired) electrons. The maximum atomic E-state index is 13.8. The van der Waals surface area contributed by atoms with Crippen molar-refractivity contribution in [2.75, 3.05) is 0 Å². The molecule has 0 aliphatic carbocycles. The topological polar surface area (TPSA) is 20.2 Å². The molecular weight excluding hydrogens is 283 g/mol. The number of fused-ring (bicyclic) bond motifs is 1. The first kappa shape index (κ1) is 12.6. The molecule has 0 spiro atoms. The van der Waals surface area contributed by atoms with Crippen LogP contribution in [0.25, 0.3) is 10.1 Å². The van der Waals surface area contributed by atoms with E-state index in [4.69, 9.17) is 11.6 Å². The molecule has 0 saturated heterocycles. The van der Waals surface area contributed by atoms with Crippen LogP contribution in [0.15, 0.2) is 48.5 Å². The number of benzene rings is 2. The molecule has 4 heteroatoms. The van der Waals surface area contributed by atoms with Crippen molar-refractivity contribution in [3.05, 3.63) is 69.8 Å². The summed E-state index contributed by atoms with van der Waals surface area (Å²) in [6.45, 7) is 0. The maximum absolute atomic E-state index is 13.8. The molecule has 96 valence electrons. The van der Waals surface area contributed by atoms with E-state index >= 15 is 0 Å². The van der Waals surface area contributed by atoms with Gasteiger partial charge in [0.25, 0.3) is 0 Å². The zero-order chi connectivity index (χ0) is 13.4. The van der Waals surface area contributed by atoms with E-state index in [9.17, 15) is 9.50 Å². The van der Waals surface area contributed by atoms with Crippen LogP contribution in [0.2, 0.25) is 5.02 Å². The fourth-order valence-electron chi connectivity index (χ4n) is 2.01. The summed E-state index contributed by atoms with van der Waals surface area (Å²) < 4.78 is 14.9. The summed E-state index contributed by atoms with van der Waals surface area (Å²) in [4.78, 5) is 0.724. The standard InChI is InChI=1S/C15H10ClFOS/c16-10-5-6-11(12(17)8-10)15(18)14-7-9-3-1-2-4-13(9)19-14/h1-8,15,18H. The lowest BCUT2D eigenvalue weighted by molar-refractivity contribution is 0.219. The average molecular weight is 293 g/mol. The number of thiophene rings is 1. The number of halogens is 2. The van der Waals surface area contributed by atoms with Gasteiger partial charge in [0.1, 0.15) is 11.9 Å². The first-order chi connectivity index (χ1) is 9.15. The van der Waals surface area contributed by atoms with Crippen molar-refractivity contribution >= 4 is 33.0 Å². The molecular formula is C15H10ClFOS. The van der Waals surface area contributed by atoms with E-state index in [0.29, 0.717) is 5.02 Å². The lowest BCUT2D eigenvalue weighted by atomic mass is 10.1. The van der Waals surface area contributed by atoms with Crippen LogP contribution in [0, 0.1) is 5.82 Å². The van der Waals surface area contributed by atoms with Crippen molar-refractivity contribution in [2.45, 2.75) is 6.10 Å². The van der Waals surface area contributed by atoms with Gasteiger partial charge >= 0.3 is 0 Å². The van der Waals surface area contributed by atoms with E-state index < -0.39 is 11.9 Å². The maximum Gasteiger partial charge on any atom is 0.130 e. The van der Waals surface area contributed by atoms with E-state index in [1.54, 1.807) is 6.07 Å². The van der Waals surface area contributed by atoms with Crippen LogP contribution in [0.1, 0.15) is 16.5 Å². The molecule has 0 amide bonds. The highest BCUT2D eigenvalue weighted by Gasteiger charge is 2.17. The Kier molecular flexibility index (Phi) is 3.27. The van der Waals surface area contributed by atoms with Crippen molar-refractivity contribution in [3.8, 4) is 0 Å². The second-order valence-corrected chi connectivity index (χ2v) is 5.81. The minimum atomic E-state index is -0.963. The van der Waals surface area contributed by atoms with Gasteiger partial charge in [-0.1, -0.05) is 35.9 Å². The van der Waals surface area contributed by atoms with Gasteiger partial charge in [-0.05, 0) is 29.7 Å². The number of hydrogen-bond donors (Lipinski definition) is 1. The Morgan fingerprint density at radius 2 is 1.89 bits per heavy atom. The van der Waals surface area contributed by atoms with E-state index in [0.717, 1.165) is 15.0 Å². The second-order valence-electron chi connectivity index (χ2n) is 4.25. The quantitative estimate of drug-likeness (QED) is 0.721. The van der Waals surface area contributed by atoms with Crippen LogP contribution in [0.4, 0.5) is 4.39 Å². The number of aliphatic hydroxyl groups excluding tert-OH is 1. The van der Waals surface area contributed by atoms with Gasteiger partial charge in [-0.15, -0.1) is 11.3 Å². The number of hydrogen-bond acceptors (Lipinski definition) is 2. The van der Waals surface area contributed by atoms with Gasteiger partial charge < -0.3 is 5.11 Å². The largest absolute Gasteiger partial charge is 0.383 e. The van der Waals surface area contributed by atoms with Crippen molar-refractivity contribution in [2.24, 2.45) is 0 Å². The Morgan fingerprint density at radius 3 is 2.63 bits per heavy atom. The number of rotatable bonds is 2. The Hall–Kier alpha value is -1.42. The minimum Gasteiger partial charge on any atom is -0.383 e. The van der Waals surface area contributed by atoms with E-state index in [2.05, 4.69) is 0 Å². The third kappa shape index (κ3) is 2.37. The van der Waals surface area contributed by atoms with Gasteiger partial charge in [0.15, 0.2) is 0 Å². The third-order valence-corrected chi connectivity index (χ3v) is 4.37. The highest BCUT2D eigenvalue weighted by molar-refractivity contribution is 7.19. The normalized spacial score (nSPS) is 12.8. The zero-order valence-electron chi connectivity index (χ0n) is 9.81. The molecule has 0 saturated carbocycles. The SMILES string of the molecule is OC(c1cc2ccccc2s1)c1ccc(Cl)cc1F. The molecule has 0 aliphatic heterocycles. The highest BCUT2D eigenvalue weighted by atomic mass is 35.5. The average Bonchev–Trinajstić information content (AvgIpc) is 2.81. The van der Waals surface area contributed by atoms with Gasteiger partial charge in [0.2, 0.25) is 0 Å². The summed E-state index contributed by atoms with van der Waals surface area (Å²) >= 11 is 7.18. The van der Waals surface area contributed by atoms with Gasteiger partial charge in [-0.25, -0.2) is 4.39 Å². The fourth-order valence-corrected chi connectivity index (χ4v) is 3.24. The van der Waals surface area contributed by atoms with E-state index in [1.807, 2.05) is 30.3 Å². The van der Waals surface area contributed by atoms with Crippen molar-refractivity contribution < 1.29 is 9.50 Å². The molecule has 1 unspecified atom stereocenters. The Balaban J connectivity index is 2.05. The smallest absolute Gasteiger partial charge is 0.130 e. The third-order valence-electron chi connectivity index (χ3n) is 2.97. The Bertz CT molecular complexity index is 705. The zero-order valence-corrected chi connectivity index (χ0v) is 11.4. The van der Waals surface area contributed by atoms with Crippen LogP contribution < -0.4 is 0 Å². The molecule has 0 aliphatic rings. The predicted molar refractivity (Wildman–Crippen MR) is 77.3 cm³/mol. The summed E-state index contributed by atoms with van der Waals surface area (Å²) in [6.07, 6.45) is -0.963. The molecule has 1 atom stereocenters. The number of aliphatic hydroxyl groups is 1. The Morgan fingerprint density at radius 1 is 1.11 bits per heavy atom. The van der Waals surface area contributed by atoms with Crippen molar-refractivity contribution in [1.29, 1.82) is 0 Å². The summed E-state index contributed by atoms with van der Waals surface area (Å²) in [5, 5.41) is 11.7. The van der Waals surface area contributed by atoms with Crippen LogP contribution in [0.5, 0.6) is 0 Å². The van der Waals surface area contributed by atoms with Crippen LogP contribution >= 0.6 is 22.9 Å². The van der Waals surface area contributed by atoms with Crippen LogP contribution in [-0.4, -0.2) is 5.11 Å². The van der Waals surface area contributed by atoms with E-state index in [1.165, 1.54) is 23.5 Å². The Labute approximate surface area is 118 Å². The molecule has 1 aromatic heterocycles. The summed E-state index contributed by atoms with van der Waals surface area (Å²) in [5.74, 6) is -0.488. The first-order valence-corrected chi connectivity index (χ1v) is 6.96.